The van der Waals surface area contributed by atoms with Gasteiger partial charge in [0.2, 0.25) is 0 Å². The summed E-state index contributed by atoms with van der Waals surface area (Å²) in [5.41, 5.74) is 6.93. The van der Waals surface area contributed by atoms with Crippen LogP contribution in [0.1, 0.15) is 39.2 Å². The number of rotatable bonds is 7. The Balaban J connectivity index is 2.40. The summed E-state index contributed by atoms with van der Waals surface area (Å²) in [6, 6.07) is 8.44. The summed E-state index contributed by atoms with van der Waals surface area (Å²) in [6.45, 7) is 7.15. The molecule has 0 saturated heterocycles. The van der Waals surface area contributed by atoms with Gasteiger partial charge in [-0.2, -0.15) is 0 Å². The van der Waals surface area contributed by atoms with Crippen molar-refractivity contribution in [3.8, 4) is 5.75 Å². The molecule has 0 aliphatic heterocycles. The van der Waals surface area contributed by atoms with E-state index in [2.05, 4.69) is 31.2 Å². The van der Waals surface area contributed by atoms with E-state index in [9.17, 15) is 0 Å². The standard InChI is InChI=1S/C15H25NO/c1-12(2)17-15-8-6-14(7-9-15)5-4-13(3)10-11-16/h6-9,12-13H,4-5,10-11,16H2,1-3H3. The minimum Gasteiger partial charge on any atom is -0.491 e. The second-order valence-corrected chi connectivity index (χ2v) is 5.03. The van der Waals surface area contributed by atoms with E-state index < -0.39 is 0 Å². The largest absolute Gasteiger partial charge is 0.491 e. The van der Waals surface area contributed by atoms with Crippen molar-refractivity contribution in [2.45, 2.75) is 46.1 Å². The van der Waals surface area contributed by atoms with Crippen LogP contribution in [0.3, 0.4) is 0 Å². The monoisotopic (exact) mass is 235 g/mol. The Morgan fingerprint density at radius 2 is 1.71 bits per heavy atom. The third-order valence-corrected chi connectivity index (χ3v) is 2.88. The Morgan fingerprint density at radius 3 is 2.24 bits per heavy atom. The van der Waals surface area contributed by atoms with Gasteiger partial charge in [-0.25, -0.2) is 0 Å². The summed E-state index contributed by atoms with van der Waals surface area (Å²) >= 11 is 0. The Morgan fingerprint density at radius 1 is 1.06 bits per heavy atom. The van der Waals surface area contributed by atoms with Crippen LogP contribution in [0.25, 0.3) is 0 Å². The van der Waals surface area contributed by atoms with Gasteiger partial charge in [-0.1, -0.05) is 19.1 Å². The number of hydrogen-bond donors (Lipinski definition) is 1. The molecule has 0 aliphatic rings. The van der Waals surface area contributed by atoms with E-state index in [1.54, 1.807) is 0 Å². The zero-order valence-corrected chi connectivity index (χ0v) is 11.3. The van der Waals surface area contributed by atoms with Crippen LogP contribution in [0.2, 0.25) is 0 Å². The summed E-state index contributed by atoms with van der Waals surface area (Å²) in [6.07, 6.45) is 3.70. The molecule has 0 heterocycles. The summed E-state index contributed by atoms with van der Waals surface area (Å²) in [7, 11) is 0. The van der Waals surface area contributed by atoms with E-state index in [0.29, 0.717) is 5.92 Å². The molecule has 0 radical (unpaired) electrons. The van der Waals surface area contributed by atoms with Gasteiger partial charge in [0.1, 0.15) is 5.75 Å². The van der Waals surface area contributed by atoms with Gasteiger partial charge >= 0.3 is 0 Å². The van der Waals surface area contributed by atoms with Crippen LogP contribution in [0.5, 0.6) is 5.75 Å². The second kappa shape index (κ2) is 7.33. The van der Waals surface area contributed by atoms with Crippen molar-refractivity contribution in [1.82, 2.24) is 0 Å². The summed E-state index contributed by atoms with van der Waals surface area (Å²) in [4.78, 5) is 0. The first-order chi connectivity index (χ1) is 8.11. The molecule has 1 atom stereocenters. The van der Waals surface area contributed by atoms with E-state index in [4.69, 9.17) is 10.5 Å². The van der Waals surface area contributed by atoms with Crippen LogP contribution in [-0.4, -0.2) is 12.6 Å². The molecule has 96 valence electrons. The van der Waals surface area contributed by atoms with E-state index >= 15 is 0 Å². The maximum atomic E-state index is 5.62. The van der Waals surface area contributed by atoms with Gasteiger partial charge in [0.25, 0.3) is 0 Å². The van der Waals surface area contributed by atoms with Crippen molar-refractivity contribution in [2.75, 3.05) is 6.54 Å². The van der Waals surface area contributed by atoms with Gasteiger partial charge in [0.05, 0.1) is 6.10 Å². The van der Waals surface area contributed by atoms with Crippen molar-refractivity contribution in [1.29, 1.82) is 0 Å². The normalized spacial score (nSPS) is 12.8. The molecule has 2 N–H and O–H groups in total. The van der Waals surface area contributed by atoms with Gasteiger partial charge in [0, 0.05) is 0 Å². The molecule has 0 saturated carbocycles. The quantitative estimate of drug-likeness (QED) is 0.786. The molecule has 0 spiro atoms. The van der Waals surface area contributed by atoms with Crippen molar-refractivity contribution >= 4 is 0 Å². The molecular weight excluding hydrogens is 210 g/mol. The number of nitrogens with two attached hydrogens (primary N) is 1. The second-order valence-electron chi connectivity index (χ2n) is 5.03. The fraction of sp³-hybridized carbons (Fsp3) is 0.600. The fourth-order valence-corrected chi connectivity index (χ4v) is 1.85. The van der Waals surface area contributed by atoms with Crippen LogP contribution in [-0.2, 0) is 6.42 Å². The lowest BCUT2D eigenvalue weighted by Gasteiger charge is -2.11. The molecule has 1 unspecified atom stereocenters. The van der Waals surface area contributed by atoms with Crippen molar-refractivity contribution in [3.05, 3.63) is 29.8 Å². The van der Waals surface area contributed by atoms with E-state index in [-0.39, 0.29) is 6.10 Å². The molecule has 0 fully saturated rings. The van der Waals surface area contributed by atoms with Gasteiger partial charge in [-0.05, 0) is 63.3 Å². The van der Waals surface area contributed by atoms with Gasteiger partial charge in [0.15, 0.2) is 0 Å². The van der Waals surface area contributed by atoms with Crippen LogP contribution in [0.15, 0.2) is 24.3 Å². The van der Waals surface area contributed by atoms with E-state index in [1.165, 1.54) is 12.0 Å². The van der Waals surface area contributed by atoms with Gasteiger partial charge in [-0.15, -0.1) is 0 Å². The highest BCUT2D eigenvalue weighted by molar-refractivity contribution is 5.27. The molecule has 1 aromatic carbocycles. The number of aryl methyl sites for hydroxylation is 1. The molecule has 2 heteroatoms. The molecule has 1 rings (SSSR count). The molecule has 2 nitrogen and oxygen atoms in total. The van der Waals surface area contributed by atoms with Crippen LogP contribution in [0, 0.1) is 5.92 Å². The highest BCUT2D eigenvalue weighted by Crippen LogP contribution is 2.17. The maximum absolute atomic E-state index is 5.62. The topological polar surface area (TPSA) is 35.2 Å². The highest BCUT2D eigenvalue weighted by atomic mass is 16.5. The van der Waals surface area contributed by atoms with Gasteiger partial charge in [-0.3, -0.25) is 0 Å². The zero-order chi connectivity index (χ0) is 12.7. The minimum absolute atomic E-state index is 0.241. The Bertz CT molecular complexity index is 305. The van der Waals surface area contributed by atoms with Gasteiger partial charge < -0.3 is 10.5 Å². The predicted octanol–water partition coefficient (Wildman–Crippen LogP) is 3.39. The fourth-order valence-electron chi connectivity index (χ4n) is 1.85. The number of benzene rings is 1. The van der Waals surface area contributed by atoms with E-state index in [0.717, 1.165) is 25.1 Å². The number of ether oxygens (including phenoxy) is 1. The average Bonchev–Trinajstić information content (AvgIpc) is 2.28. The first-order valence-corrected chi connectivity index (χ1v) is 6.57. The molecule has 17 heavy (non-hydrogen) atoms. The summed E-state index contributed by atoms with van der Waals surface area (Å²) in [5, 5.41) is 0. The minimum atomic E-state index is 0.241. The third-order valence-electron chi connectivity index (χ3n) is 2.88. The maximum Gasteiger partial charge on any atom is 0.119 e. The molecule has 0 amide bonds. The molecular formula is C15H25NO. The summed E-state index contributed by atoms with van der Waals surface area (Å²) < 4.78 is 5.62. The lowest BCUT2D eigenvalue weighted by atomic mass is 9.98. The molecule has 0 aromatic heterocycles. The van der Waals surface area contributed by atoms with Crippen molar-refractivity contribution in [3.63, 3.8) is 0 Å². The van der Waals surface area contributed by atoms with Crippen LogP contribution >= 0.6 is 0 Å². The van der Waals surface area contributed by atoms with Crippen molar-refractivity contribution < 1.29 is 4.74 Å². The SMILES string of the molecule is CC(CCN)CCc1ccc(OC(C)C)cc1. The Kier molecular flexibility index (Phi) is 6.06. The summed E-state index contributed by atoms with van der Waals surface area (Å²) in [5.74, 6) is 1.67. The Hall–Kier alpha value is -1.02. The lowest BCUT2D eigenvalue weighted by Crippen LogP contribution is -2.07. The van der Waals surface area contributed by atoms with Crippen molar-refractivity contribution in [2.24, 2.45) is 11.7 Å². The average molecular weight is 235 g/mol. The Labute approximate surface area is 105 Å². The molecule has 1 aromatic rings. The zero-order valence-electron chi connectivity index (χ0n) is 11.3. The van der Waals surface area contributed by atoms with Crippen LogP contribution < -0.4 is 10.5 Å². The molecule has 0 bridgehead atoms. The molecule has 0 aliphatic carbocycles. The van der Waals surface area contributed by atoms with Crippen LogP contribution in [0.4, 0.5) is 0 Å². The lowest BCUT2D eigenvalue weighted by molar-refractivity contribution is 0.242. The third kappa shape index (κ3) is 5.73. The predicted molar refractivity (Wildman–Crippen MR) is 73.4 cm³/mol. The smallest absolute Gasteiger partial charge is 0.119 e. The highest BCUT2D eigenvalue weighted by Gasteiger charge is 2.02. The first kappa shape index (κ1) is 14.0. The first-order valence-electron chi connectivity index (χ1n) is 6.57. The number of hydrogen-bond acceptors (Lipinski definition) is 2. The van der Waals surface area contributed by atoms with E-state index in [1.807, 2.05) is 13.8 Å².